The molecule has 0 saturated carbocycles. The number of hydrogen-bond acceptors (Lipinski definition) is 0. The summed E-state index contributed by atoms with van der Waals surface area (Å²) in [7, 11) is 0. The summed E-state index contributed by atoms with van der Waals surface area (Å²) < 4.78 is 0. The Labute approximate surface area is 75.6 Å². The highest BCUT2D eigenvalue weighted by Crippen LogP contribution is 2.25. The molecule has 0 bridgehead atoms. The van der Waals surface area contributed by atoms with Gasteiger partial charge in [-0.05, 0) is 36.8 Å². The summed E-state index contributed by atoms with van der Waals surface area (Å²) in [6.45, 7) is 8.51. The van der Waals surface area contributed by atoms with Crippen LogP contribution in [0.5, 0.6) is 0 Å². The van der Waals surface area contributed by atoms with Crippen molar-refractivity contribution in [3.8, 4) is 0 Å². The molecule has 0 N–H and O–H groups in total. The second-order valence-corrected chi connectivity index (χ2v) is 3.21. The molecule has 0 heterocycles. The van der Waals surface area contributed by atoms with Gasteiger partial charge < -0.3 is 0 Å². The SMILES string of the molecule is [CH2]c1ccccc1C(CC)CC. The summed E-state index contributed by atoms with van der Waals surface area (Å²) in [5, 5.41) is 0. The maximum atomic E-state index is 4.04. The lowest BCUT2D eigenvalue weighted by Crippen LogP contribution is -1.97. The largest absolute Gasteiger partial charge is 0.0648 e. The Kier molecular flexibility index (Phi) is 3.33. The van der Waals surface area contributed by atoms with Crippen LogP contribution < -0.4 is 0 Å². The molecule has 1 radical (unpaired) electrons. The van der Waals surface area contributed by atoms with Gasteiger partial charge in [-0.3, -0.25) is 0 Å². The van der Waals surface area contributed by atoms with Gasteiger partial charge in [-0.15, -0.1) is 0 Å². The number of rotatable bonds is 3. The van der Waals surface area contributed by atoms with Crippen LogP contribution in [-0.2, 0) is 0 Å². The molecule has 0 aliphatic rings. The maximum absolute atomic E-state index is 4.04. The molecular weight excluding hydrogens is 144 g/mol. The van der Waals surface area contributed by atoms with Crippen LogP contribution in [0.2, 0.25) is 0 Å². The van der Waals surface area contributed by atoms with E-state index in [1.165, 1.54) is 24.0 Å². The van der Waals surface area contributed by atoms with Gasteiger partial charge in [-0.25, -0.2) is 0 Å². The third kappa shape index (κ3) is 1.88. The van der Waals surface area contributed by atoms with Gasteiger partial charge in [0, 0.05) is 0 Å². The van der Waals surface area contributed by atoms with Gasteiger partial charge in [0.15, 0.2) is 0 Å². The second kappa shape index (κ2) is 4.30. The average molecular weight is 161 g/mol. The summed E-state index contributed by atoms with van der Waals surface area (Å²) in [4.78, 5) is 0. The zero-order chi connectivity index (χ0) is 8.97. The van der Waals surface area contributed by atoms with Crippen LogP contribution in [-0.4, -0.2) is 0 Å². The highest BCUT2D eigenvalue weighted by molar-refractivity contribution is 5.32. The van der Waals surface area contributed by atoms with Gasteiger partial charge in [0.1, 0.15) is 0 Å². The van der Waals surface area contributed by atoms with Gasteiger partial charge in [0.25, 0.3) is 0 Å². The van der Waals surface area contributed by atoms with Gasteiger partial charge in [0.2, 0.25) is 0 Å². The lowest BCUT2D eigenvalue weighted by atomic mass is 9.91. The highest BCUT2D eigenvalue weighted by Gasteiger charge is 2.07. The Balaban J connectivity index is 2.92. The zero-order valence-electron chi connectivity index (χ0n) is 8.01. The van der Waals surface area contributed by atoms with Crippen LogP contribution in [0.4, 0.5) is 0 Å². The molecule has 0 heteroatoms. The first-order valence-corrected chi connectivity index (χ1v) is 4.70. The highest BCUT2D eigenvalue weighted by atomic mass is 14.1. The Morgan fingerprint density at radius 1 is 1.17 bits per heavy atom. The van der Waals surface area contributed by atoms with E-state index in [4.69, 9.17) is 0 Å². The van der Waals surface area contributed by atoms with E-state index in [1.807, 2.05) is 6.07 Å². The predicted octanol–water partition coefficient (Wildman–Crippen LogP) is 3.77. The maximum Gasteiger partial charge on any atom is -0.0164 e. The average Bonchev–Trinajstić information content (AvgIpc) is 2.10. The van der Waals surface area contributed by atoms with Crippen molar-refractivity contribution in [3.63, 3.8) is 0 Å². The minimum absolute atomic E-state index is 0.693. The molecule has 1 aromatic rings. The standard InChI is InChI=1S/C12H17/c1-4-11(5-2)12-9-7-6-8-10(12)3/h6-9,11H,3-5H2,1-2H3. The molecule has 0 saturated heterocycles. The van der Waals surface area contributed by atoms with Crippen molar-refractivity contribution in [1.82, 2.24) is 0 Å². The third-order valence-electron chi connectivity index (χ3n) is 2.48. The lowest BCUT2D eigenvalue weighted by Gasteiger charge is -2.14. The minimum Gasteiger partial charge on any atom is -0.0648 e. The summed E-state index contributed by atoms with van der Waals surface area (Å²) in [5.74, 6) is 0.693. The molecule has 0 nitrogen and oxygen atoms in total. The van der Waals surface area contributed by atoms with Crippen molar-refractivity contribution < 1.29 is 0 Å². The van der Waals surface area contributed by atoms with E-state index in [0.717, 1.165) is 0 Å². The van der Waals surface area contributed by atoms with Gasteiger partial charge in [-0.1, -0.05) is 38.1 Å². The van der Waals surface area contributed by atoms with Crippen LogP contribution in [0.15, 0.2) is 24.3 Å². The van der Waals surface area contributed by atoms with Crippen molar-refractivity contribution in [3.05, 3.63) is 42.3 Å². The molecule has 0 fully saturated rings. The minimum atomic E-state index is 0.693. The predicted molar refractivity (Wildman–Crippen MR) is 54.2 cm³/mol. The molecule has 1 rings (SSSR count). The Hall–Kier alpha value is -0.780. The first-order valence-electron chi connectivity index (χ1n) is 4.70. The van der Waals surface area contributed by atoms with Crippen molar-refractivity contribution >= 4 is 0 Å². The van der Waals surface area contributed by atoms with Crippen molar-refractivity contribution in [1.29, 1.82) is 0 Å². The van der Waals surface area contributed by atoms with E-state index in [0.29, 0.717) is 5.92 Å². The second-order valence-electron chi connectivity index (χ2n) is 3.21. The summed E-state index contributed by atoms with van der Waals surface area (Å²) in [6.07, 6.45) is 2.42. The van der Waals surface area contributed by atoms with E-state index >= 15 is 0 Å². The van der Waals surface area contributed by atoms with Gasteiger partial charge in [0.05, 0.1) is 0 Å². The van der Waals surface area contributed by atoms with Crippen LogP contribution in [0.1, 0.15) is 43.7 Å². The molecule has 1 aromatic carbocycles. The van der Waals surface area contributed by atoms with Crippen LogP contribution in [0, 0.1) is 6.92 Å². The monoisotopic (exact) mass is 161 g/mol. The summed E-state index contributed by atoms with van der Waals surface area (Å²) in [5.41, 5.74) is 2.61. The van der Waals surface area contributed by atoms with E-state index in [-0.39, 0.29) is 0 Å². The molecule has 0 unspecified atom stereocenters. The molecule has 0 amide bonds. The molecule has 0 aromatic heterocycles. The van der Waals surface area contributed by atoms with Gasteiger partial charge >= 0.3 is 0 Å². The van der Waals surface area contributed by atoms with Crippen LogP contribution in [0.25, 0.3) is 0 Å². The number of benzene rings is 1. The fraction of sp³-hybridized carbons (Fsp3) is 0.417. The summed E-state index contributed by atoms with van der Waals surface area (Å²) in [6, 6.07) is 8.43. The van der Waals surface area contributed by atoms with Crippen molar-refractivity contribution in [2.75, 3.05) is 0 Å². The van der Waals surface area contributed by atoms with Crippen molar-refractivity contribution in [2.45, 2.75) is 32.6 Å². The molecule has 0 aliphatic carbocycles. The molecular formula is C12H17. The fourth-order valence-electron chi connectivity index (χ4n) is 1.66. The molecule has 0 atom stereocenters. The number of hydrogen-bond donors (Lipinski definition) is 0. The van der Waals surface area contributed by atoms with Crippen LogP contribution in [0.3, 0.4) is 0 Å². The normalized spacial score (nSPS) is 10.7. The zero-order valence-corrected chi connectivity index (χ0v) is 8.01. The van der Waals surface area contributed by atoms with E-state index < -0.39 is 0 Å². The molecule has 12 heavy (non-hydrogen) atoms. The topological polar surface area (TPSA) is 0 Å². The molecule has 0 spiro atoms. The first-order chi connectivity index (χ1) is 5.79. The van der Waals surface area contributed by atoms with Crippen LogP contribution >= 0.6 is 0 Å². The summed E-state index contributed by atoms with van der Waals surface area (Å²) >= 11 is 0. The Morgan fingerprint density at radius 2 is 1.75 bits per heavy atom. The smallest absolute Gasteiger partial charge is 0.0164 e. The Bertz CT molecular complexity index is 234. The van der Waals surface area contributed by atoms with E-state index in [2.05, 4.69) is 39.0 Å². The Morgan fingerprint density at radius 3 is 2.25 bits per heavy atom. The first kappa shape index (κ1) is 9.31. The molecule has 65 valence electrons. The fourth-order valence-corrected chi connectivity index (χ4v) is 1.66. The van der Waals surface area contributed by atoms with E-state index in [9.17, 15) is 0 Å². The lowest BCUT2D eigenvalue weighted by molar-refractivity contribution is 0.640. The van der Waals surface area contributed by atoms with Gasteiger partial charge in [-0.2, -0.15) is 0 Å². The van der Waals surface area contributed by atoms with E-state index in [1.54, 1.807) is 0 Å². The third-order valence-corrected chi connectivity index (χ3v) is 2.48. The molecule has 0 aliphatic heterocycles. The van der Waals surface area contributed by atoms with Crippen molar-refractivity contribution in [2.24, 2.45) is 0 Å². The quantitative estimate of drug-likeness (QED) is 0.633.